The van der Waals surface area contributed by atoms with Crippen molar-refractivity contribution in [3.05, 3.63) is 88.0 Å². The van der Waals surface area contributed by atoms with E-state index in [9.17, 15) is 23.3 Å². The molecular formula is C21H16N4O6S. The molecular weight excluding hydrogens is 436 g/mol. The molecule has 0 aliphatic carbocycles. The van der Waals surface area contributed by atoms with E-state index in [-0.39, 0.29) is 33.4 Å². The number of nitro groups is 1. The molecule has 32 heavy (non-hydrogen) atoms. The molecule has 1 heterocycles. The highest BCUT2D eigenvalue weighted by atomic mass is 32.2. The van der Waals surface area contributed by atoms with Crippen molar-refractivity contribution in [1.82, 2.24) is 9.19 Å². The summed E-state index contributed by atoms with van der Waals surface area (Å²) >= 11 is 0. The summed E-state index contributed by atoms with van der Waals surface area (Å²) in [6.07, 6.45) is 0. The first-order valence-electron chi connectivity index (χ1n) is 9.24. The average molecular weight is 452 g/mol. The number of nitrogens with zero attached hydrogens (tertiary/aromatic N) is 3. The maximum absolute atomic E-state index is 13.0. The van der Waals surface area contributed by atoms with Gasteiger partial charge >= 0.3 is 5.97 Å². The molecule has 0 fully saturated rings. The summed E-state index contributed by atoms with van der Waals surface area (Å²) in [6.45, 7) is 1.41. The van der Waals surface area contributed by atoms with E-state index >= 15 is 0 Å². The van der Waals surface area contributed by atoms with Crippen LogP contribution < -0.4 is 10.5 Å². The fourth-order valence-corrected chi connectivity index (χ4v) is 4.45. The quantitative estimate of drug-likeness (QED) is 0.275. The summed E-state index contributed by atoms with van der Waals surface area (Å²) in [7, 11) is -4.17. The number of nitrogen functional groups attached to an aromatic ring is 1. The maximum Gasteiger partial charge on any atom is 0.345 e. The number of esters is 1. The third kappa shape index (κ3) is 3.65. The van der Waals surface area contributed by atoms with Crippen LogP contribution in [0.15, 0.2) is 71.6 Å². The fourth-order valence-electron chi connectivity index (χ4n) is 3.22. The predicted octanol–water partition coefficient (Wildman–Crippen LogP) is 3.29. The van der Waals surface area contributed by atoms with Crippen LogP contribution in [0.2, 0.25) is 0 Å². The SMILES string of the molecule is Cc1c(C(=O)Oc2cc(N)n(S(=O)(=O)c3ccc4ccccc4c3)n2)cccc1[N+](=O)[O-]. The Kier molecular flexibility index (Phi) is 5.11. The zero-order chi connectivity index (χ0) is 23.0. The van der Waals surface area contributed by atoms with E-state index in [0.29, 0.717) is 9.47 Å². The third-order valence-corrected chi connectivity index (χ3v) is 6.44. The molecule has 2 N–H and O–H groups in total. The molecule has 0 aliphatic heterocycles. The summed E-state index contributed by atoms with van der Waals surface area (Å²) in [6, 6.07) is 16.9. The Morgan fingerprint density at radius 3 is 2.50 bits per heavy atom. The van der Waals surface area contributed by atoms with Gasteiger partial charge in [-0.25, -0.2) is 4.79 Å². The lowest BCUT2D eigenvalue weighted by Crippen LogP contribution is -2.17. The van der Waals surface area contributed by atoms with Crippen LogP contribution in [0.25, 0.3) is 10.8 Å². The molecule has 0 unspecified atom stereocenters. The zero-order valence-corrected chi connectivity index (χ0v) is 17.4. The molecule has 1 aromatic heterocycles. The van der Waals surface area contributed by atoms with Crippen LogP contribution >= 0.6 is 0 Å². The van der Waals surface area contributed by atoms with Gasteiger partial charge in [0.05, 0.1) is 15.4 Å². The van der Waals surface area contributed by atoms with Crippen molar-refractivity contribution in [3.8, 4) is 5.88 Å². The van der Waals surface area contributed by atoms with Crippen LogP contribution in [0.5, 0.6) is 5.88 Å². The Hall–Kier alpha value is -4.25. The Morgan fingerprint density at radius 1 is 1.06 bits per heavy atom. The lowest BCUT2D eigenvalue weighted by atomic mass is 10.1. The molecule has 0 spiro atoms. The van der Waals surface area contributed by atoms with Crippen LogP contribution in [0.1, 0.15) is 15.9 Å². The number of anilines is 1. The number of nitro benzene ring substituents is 1. The predicted molar refractivity (Wildman–Crippen MR) is 116 cm³/mol. The summed E-state index contributed by atoms with van der Waals surface area (Å²) in [4.78, 5) is 22.9. The largest absolute Gasteiger partial charge is 0.402 e. The standard InChI is InChI=1S/C21H16N4O6S/c1-13-17(7-4-8-18(13)25(27)28)21(26)31-20-12-19(22)24(23-20)32(29,30)16-10-9-14-5-2-3-6-15(14)11-16/h2-12H,22H2,1H3. The van der Waals surface area contributed by atoms with E-state index in [1.807, 2.05) is 12.1 Å². The number of carbonyl (C=O) groups is 1. The minimum absolute atomic E-state index is 0.0431. The third-order valence-electron chi connectivity index (χ3n) is 4.85. The second kappa shape index (κ2) is 7.78. The van der Waals surface area contributed by atoms with Gasteiger partial charge in [-0.3, -0.25) is 10.1 Å². The van der Waals surface area contributed by atoms with E-state index in [4.69, 9.17) is 10.5 Å². The number of benzene rings is 3. The van der Waals surface area contributed by atoms with Crippen LogP contribution in [-0.4, -0.2) is 28.5 Å². The molecule has 0 bridgehead atoms. The van der Waals surface area contributed by atoms with Gasteiger partial charge in [-0.05, 0) is 35.9 Å². The molecule has 0 radical (unpaired) electrons. The second-order valence-electron chi connectivity index (χ2n) is 6.86. The molecule has 3 aromatic carbocycles. The molecule has 0 atom stereocenters. The van der Waals surface area contributed by atoms with Crippen molar-refractivity contribution in [1.29, 1.82) is 0 Å². The zero-order valence-electron chi connectivity index (χ0n) is 16.6. The molecule has 0 saturated heterocycles. The fraction of sp³-hybridized carbons (Fsp3) is 0.0476. The van der Waals surface area contributed by atoms with E-state index < -0.39 is 20.9 Å². The summed E-state index contributed by atoms with van der Waals surface area (Å²) in [5.41, 5.74) is 5.64. The normalized spacial score (nSPS) is 11.4. The molecule has 4 aromatic rings. The van der Waals surface area contributed by atoms with Crippen molar-refractivity contribution in [3.63, 3.8) is 0 Å². The number of fused-ring (bicyclic) bond motifs is 1. The molecule has 11 heteroatoms. The minimum atomic E-state index is -4.17. The summed E-state index contributed by atoms with van der Waals surface area (Å²) < 4.78 is 31.8. The second-order valence-corrected chi connectivity index (χ2v) is 8.63. The number of carbonyl (C=O) groups excluding carboxylic acids is 1. The average Bonchev–Trinajstić information content (AvgIpc) is 3.13. The highest BCUT2D eigenvalue weighted by Crippen LogP contribution is 2.26. The number of hydrogen-bond donors (Lipinski definition) is 1. The number of ether oxygens (including phenoxy) is 1. The Labute approximate surface area is 182 Å². The van der Waals surface area contributed by atoms with Crippen molar-refractivity contribution in [2.45, 2.75) is 11.8 Å². The van der Waals surface area contributed by atoms with Crippen LogP contribution in [-0.2, 0) is 10.0 Å². The summed E-state index contributed by atoms with van der Waals surface area (Å²) in [5, 5.41) is 16.5. The van der Waals surface area contributed by atoms with Crippen molar-refractivity contribution in [2.24, 2.45) is 0 Å². The van der Waals surface area contributed by atoms with Gasteiger partial charge in [0.25, 0.3) is 15.7 Å². The Bertz CT molecular complexity index is 1490. The number of hydrogen-bond acceptors (Lipinski definition) is 8. The van der Waals surface area contributed by atoms with Gasteiger partial charge in [0.15, 0.2) is 0 Å². The van der Waals surface area contributed by atoms with Crippen LogP contribution in [0.4, 0.5) is 11.5 Å². The van der Waals surface area contributed by atoms with Crippen molar-refractivity contribution in [2.75, 3.05) is 5.73 Å². The monoisotopic (exact) mass is 452 g/mol. The van der Waals surface area contributed by atoms with Gasteiger partial charge in [-0.15, -0.1) is 9.19 Å². The van der Waals surface area contributed by atoms with E-state index in [1.54, 1.807) is 18.2 Å². The van der Waals surface area contributed by atoms with Crippen LogP contribution in [0.3, 0.4) is 0 Å². The highest BCUT2D eigenvalue weighted by Gasteiger charge is 2.25. The molecule has 4 rings (SSSR count). The van der Waals surface area contributed by atoms with Crippen molar-refractivity contribution < 1.29 is 22.9 Å². The maximum atomic E-state index is 13.0. The summed E-state index contributed by atoms with van der Waals surface area (Å²) in [5.74, 6) is -1.56. The van der Waals surface area contributed by atoms with Gasteiger partial charge in [-0.1, -0.05) is 36.4 Å². The number of nitrogens with two attached hydrogens (primary N) is 1. The van der Waals surface area contributed by atoms with Gasteiger partial charge in [0.2, 0.25) is 5.88 Å². The molecule has 0 saturated carbocycles. The first-order valence-corrected chi connectivity index (χ1v) is 10.7. The highest BCUT2D eigenvalue weighted by molar-refractivity contribution is 7.90. The first kappa shape index (κ1) is 21.0. The van der Waals surface area contributed by atoms with Gasteiger partial charge < -0.3 is 10.5 Å². The van der Waals surface area contributed by atoms with E-state index in [2.05, 4.69) is 5.10 Å². The number of aromatic nitrogens is 2. The molecule has 0 amide bonds. The van der Waals surface area contributed by atoms with E-state index in [1.165, 1.54) is 37.3 Å². The lowest BCUT2D eigenvalue weighted by Gasteiger charge is -2.07. The topological polar surface area (TPSA) is 147 Å². The van der Waals surface area contributed by atoms with Gasteiger partial charge in [0, 0.05) is 17.7 Å². The van der Waals surface area contributed by atoms with Gasteiger partial charge in [-0.2, -0.15) is 8.42 Å². The Morgan fingerprint density at radius 2 is 1.78 bits per heavy atom. The van der Waals surface area contributed by atoms with E-state index in [0.717, 1.165) is 11.5 Å². The number of rotatable bonds is 5. The Balaban J connectivity index is 1.66. The first-order chi connectivity index (χ1) is 15.2. The lowest BCUT2D eigenvalue weighted by molar-refractivity contribution is -0.385. The molecule has 10 nitrogen and oxygen atoms in total. The van der Waals surface area contributed by atoms with Gasteiger partial charge in [0.1, 0.15) is 5.82 Å². The smallest absolute Gasteiger partial charge is 0.345 e. The minimum Gasteiger partial charge on any atom is -0.402 e. The molecule has 0 aliphatic rings. The molecule has 162 valence electrons. The van der Waals surface area contributed by atoms with Crippen molar-refractivity contribution >= 4 is 38.3 Å². The van der Waals surface area contributed by atoms with Crippen LogP contribution in [0, 0.1) is 17.0 Å².